The van der Waals surface area contributed by atoms with Gasteiger partial charge in [-0.3, -0.25) is 0 Å². The number of aromatic nitrogens is 2. The van der Waals surface area contributed by atoms with E-state index in [1.165, 1.54) is 11.8 Å². The van der Waals surface area contributed by atoms with Crippen molar-refractivity contribution in [1.29, 1.82) is 0 Å². The van der Waals surface area contributed by atoms with Crippen LogP contribution in [0.5, 0.6) is 0 Å². The Balaban J connectivity index is 1.84. The topological polar surface area (TPSA) is 25.8 Å². The van der Waals surface area contributed by atoms with Gasteiger partial charge in [0, 0.05) is 15.3 Å². The van der Waals surface area contributed by atoms with Crippen LogP contribution in [0.1, 0.15) is 5.82 Å². The molecule has 7 heteroatoms. The summed E-state index contributed by atoms with van der Waals surface area (Å²) in [4.78, 5) is 10.6. The minimum Gasteiger partial charge on any atom is -0.221 e. The van der Waals surface area contributed by atoms with Crippen LogP contribution in [0.4, 0.5) is 0 Å². The summed E-state index contributed by atoms with van der Waals surface area (Å²) in [5, 5.41) is 4.67. The summed E-state index contributed by atoms with van der Waals surface area (Å²) in [6.45, 7) is 0. The van der Waals surface area contributed by atoms with E-state index in [1.807, 2.05) is 17.5 Å². The average molecular weight is 362 g/mol. The first-order valence-corrected chi connectivity index (χ1v) is 8.61. The maximum atomic E-state index is 6.14. The molecule has 0 amide bonds. The lowest BCUT2D eigenvalue weighted by Gasteiger charge is -2.05. The minimum absolute atomic E-state index is 0.490. The van der Waals surface area contributed by atoms with E-state index < -0.39 is 0 Å². The standard InChI is InChI=1S/C13H7Cl3N2S2/c14-7-1-2-9(15)10(5-7)20-6-11-17-12(16)8-3-4-19-13(8)18-11/h1-5H,6H2. The first-order valence-electron chi connectivity index (χ1n) is 5.61. The molecule has 3 aromatic rings. The Labute approximate surface area is 139 Å². The maximum absolute atomic E-state index is 6.14. The van der Waals surface area contributed by atoms with Crippen molar-refractivity contribution in [3.8, 4) is 0 Å². The van der Waals surface area contributed by atoms with Crippen LogP contribution in [-0.4, -0.2) is 9.97 Å². The monoisotopic (exact) mass is 360 g/mol. The van der Waals surface area contributed by atoms with E-state index in [0.717, 1.165) is 15.1 Å². The second-order valence-corrected chi connectivity index (χ2v) is 7.05. The number of nitrogens with zero attached hydrogens (tertiary/aromatic N) is 2. The predicted octanol–water partition coefficient (Wildman–Crippen LogP) is 5.94. The second kappa shape index (κ2) is 6.08. The highest BCUT2D eigenvalue weighted by Gasteiger charge is 2.09. The number of benzene rings is 1. The van der Waals surface area contributed by atoms with Crippen molar-refractivity contribution in [2.24, 2.45) is 0 Å². The normalized spacial score (nSPS) is 11.2. The molecule has 2 aromatic heterocycles. The van der Waals surface area contributed by atoms with E-state index in [2.05, 4.69) is 9.97 Å². The van der Waals surface area contributed by atoms with Gasteiger partial charge in [0.25, 0.3) is 0 Å². The first-order chi connectivity index (χ1) is 9.63. The highest BCUT2D eigenvalue weighted by atomic mass is 35.5. The third-order valence-electron chi connectivity index (χ3n) is 2.57. The summed E-state index contributed by atoms with van der Waals surface area (Å²) in [6.07, 6.45) is 0. The van der Waals surface area contributed by atoms with Gasteiger partial charge in [-0.2, -0.15) is 0 Å². The van der Waals surface area contributed by atoms with Crippen LogP contribution in [0.3, 0.4) is 0 Å². The average Bonchev–Trinajstić information content (AvgIpc) is 2.89. The number of hydrogen-bond donors (Lipinski definition) is 0. The Morgan fingerprint density at radius 2 is 1.95 bits per heavy atom. The molecule has 0 bridgehead atoms. The van der Waals surface area contributed by atoms with E-state index in [4.69, 9.17) is 34.8 Å². The quantitative estimate of drug-likeness (QED) is 0.426. The number of halogens is 3. The van der Waals surface area contributed by atoms with Gasteiger partial charge in [-0.05, 0) is 29.6 Å². The van der Waals surface area contributed by atoms with Crippen molar-refractivity contribution in [2.75, 3.05) is 0 Å². The molecule has 102 valence electrons. The third-order valence-corrected chi connectivity index (χ3v) is 5.40. The molecule has 0 radical (unpaired) electrons. The van der Waals surface area contributed by atoms with Crippen LogP contribution < -0.4 is 0 Å². The molecule has 20 heavy (non-hydrogen) atoms. The van der Waals surface area contributed by atoms with Crippen molar-refractivity contribution >= 4 is 68.1 Å². The molecule has 0 unspecified atom stereocenters. The van der Waals surface area contributed by atoms with Crippen molar-refractivity contribution in [3.63, 3.8) is 0 Å². The van der Waals surface area contributed by atoms with E-state index >= 15 is 0 Å². The van der Waals surface area contributed by atoms with Crippen LogP contribution in [0.25, 0.3) is 10.2 Å². The van der Waals surface area contributed by atoms with Gasteiger partial charge < -0.3 is 0 Å². The highest BCUT2D eigenvalue weighted by Crippen LogP contribution is 2.32. The van der Waals surface area contributed by atoms with Crippen molar-refractivity contribution in [2.45, 2.75) is 10.6 Å². The Bertz CT molecular complexity index is 773. The molecule has 2 nitrogen and oxygen atoms in total. The lowest BCUT2D eigenvalue weighted by atomic mass is 10.4. The molecular weight excluding hydrogens is 355 g/mol. The summed E-state index contributed by atoms with van der Waals surface area (Å²) in [5.41, 5.74) is 0. The summed E-state index contributed by atoms with van der Waals surface area (Å²) in [7, 11) is 0. The molecule has 1 aromatic carbocycles. The highest BCUT2D eigenvalue weighted by molar-refractivity contribution is 7.98. The largest absolute Gasteiger partial charge is 0.221 e. The van der Waals surface area contributed by atoms with Gasteiger partial charge in [-0.1, -0.05) is 34.8 Å². The molecule has 0 aliphatic heterocycles. The van der Waals surface area contributed by atoms with Crippen LogP contribution >= 0.6 is 57.9 Å². The first kappa shape index (κ1) is 14.4. The van der Waals surface area contributed by atoms with Gasteiger partial charge in [-0.25, -0.2) is 9.97 Å². The molecular formula is C13H7Cl3N2S2. The Morgan fingerprint density at radius 3 is 2.80 bits per heavy atom. The maximum Gasteiger partial charge on any atom is 0.142 e. The molecule has 0 atom stereocenters. The molecule has 0 aliphatic carbocycles. The number of rotatable bonds is 3. The van der Waals surface area contributed by atoms with Crippen molar-refractivity contribution in [1.82, 2.24) is 9.97 Å². The fourth-order valence-electron chi connectivity index (χ4n) is 1.66. The zero-order valence-electron chi connectivity index (χ0n) is 9.94. The summed E-state index contributed by atoms with van der Waals surface area (Å²) in [6, 6.07) is 7.30. The Morgan fingerprint density at radius 1 is 1.10 bits per heavy atom. The van der Waals surface area contributed by atoms with Gasteiger partial charge in [0.15, 0.2) is 0 Å². The lowest BCUT2D eigenvalue weighted by molar-refractivity contribution is 1.08. The number of fused-ring (bicyclic) bond motifs is 1. The summed E-state index contributed by atoms with van der Waals surface area (Å²) in [5.74, 6) is 1.28. The fourth-order valence-corrected chi connectivity index (χ4v) is 4.09. The van der Waals surface area contributed by atoms with E-state index in [-0.39, 0.29) is 0 Å². The fraction of sp³-hybridized carbons (Fsp3) is 0.0769. The Kier molecular flexibility index (Phi) is 4.38. The van der Waals surface area contributed by atoms with E-state index in [0.29, 0.717) is 26.8 Å². The van der Waals surface area contributed by atoms with Gasteiger partial charge in [0.2, 0.25) is 0 Å². The molecule has 0 N–H and O–H groups in total. The Hall–Kier alpha value is -0.520. The van der Waals surface area contributed by atoms with E-state index in [9.17, 15) is 0 Å². The molecule has 0 spiro atoms. The molecule has 0 aliphatic rings. The number of thiophene rings is 1. The number of hydrogen-bond acceptors (Lipinski definition) is 4. The minimum atomic E-state index is 0.490. The molecule has 2 heterocycles. The summed E-state index contributed by atoms with van der Waals surface area (Å²) < 4.78 is 0. The third kappa shape index (κ3) is 3.05. The molecule has 0 saturated carbocycles. The van der Waals surface area contributed by atoms with Crippen LogP contribution in [0.15, 0.2) is 34.5 Å². The van der Waals surface area contributed by atoms with Gasteiger partial charge in [-0.15, -0.1) is 23.1 Å². The van der Waals surface area contributed by atoms with Crippen LogP contribution in [0.2, 0.25) is 15.2 Å². The van der Waals surface area contributed by atoms with Crippen LogP contribution in [0, 0.1) is 0 Å². The van der Waals surface area contributed by atoms with Gasteiger partial charge in [0.05, 0.1) is 10.8 Å². The lowest BCUT2D eigenvalue weighted by Crippen LogP contribution is -1.93. The molecule has 3 rings (SSSR count). The van der Waals surface area contributed by atoms with Crippen molar-refractivity contribution < 1.29 is 0 Å². The molecule has 0 saturated heterocycles. The van der Waals surface area contributed by atoms with Gasteiger partial charge >= 0.3 is 0 Å². The zero-order chi connectivity index (χ0) is 14.1. The molecule has 0 fully saturated rings. The second-order valence-electron chi connectivity index (χ2n) is 3.93. The SMILES string of the molecule is Clc1ccc(Cl)c(SCc2nc(Cl)c3ccsc3n2)c1. The smallest absolute Gasteiger partial charge is 0.142 e. The zero-order valence-corrected chi connectivity index (χ0v) is 13.8. The predicted molar refractivity (Wildman–Crippen MR) is 88.4 cm³/mol. The van der Waals surface area contributed by atoms with Gasteiger partial charge in [0.1, 0.15) is 15.8 Å². The van der Waals surface area contributed by atoms with Crippen LogP contribution in [-0.2, 0) is 5.75 Å². The van der Waals surface area contributed by atoms with Crippen molar-refractivity contribution in [3.05, 3.63) is 50.7 Å². The van der Waals surface area contributed by atoms with E-state index in [1.54, 1.807) is 23.5 Å². The number of thioether (sulfide) groups is 1. The summed E-state index contributed by atoms with van der Waals surface area (Å²) >= 11 is 21.3.